The van der Waals surface area contributed by atoms with Gasteiger partial charge in [0.1, 0.15) is 0 Å². The van der Waals surface area contributed by atoms with Gasteiger partial charge in [0.05, 0.1) is 0 Å². The largest absolute Gasteiger partial charge is 0.379 e. The van der Waals surface area contributed by atoms with Crippen LogP contribution in [0.4, 0.5) is 0 Å². The fourth-order valence-corrected chi connectivity index (χ4v) is 3.23. The van der Waals surface area contributed by atoms with Gasteiger partial charge in [0.2, 0.25) is 0 Å². The number of hydrogen-bond acceptors (Lipinski definition) is 2. The van der Waals surface area contributed by atoms with Crippen LogP contribution in [0.3, 0.4) is 0 Å². The minimum atomic E-state index is 0.180. The molecule has 0 radical (unpaired) electrons. The molecule has 0 aliphatic heterocycles. The maximum absolute atomic E-state index is 4.15. The molecule has 142 valence electrons. The fourth-order valence-electron chi connectivity index (χ4n) is 3.23. The Morgan fingerprint density at radius 2 is 1.61 bits per heavy atom. The van der Waals surface area contributed by atoms with Gasteiger partial charge in [-0.2, -0.15) is 0 Å². The molecule has 0 bridgehead atoms. The van der Waals surface area contributed by atoms with Gasteiger partial charge in [-0.25, -0.2) is 0 Å². The van der Waals surface area contributed by atoms with Crippen molar-refractivity contribution in [3.05, 3.63) is 119 Å². The highest BCUT2D eigenvalue weighted by molar-refractivity contribution is 5.52. The van der Waals surface area contributed by atoms with Crippen molar-refractivity contribution in [3.63, 3.8) is 0 Å². The highest BCUT2D eigenvalue weighted by Crippen LogP contribution is 2.26. The van der Waals surface area contributed by atoms with Gasteiger partial charge in [-0.1, -0.05) is 73.7 Å². The van der Waals surface area contributed by atoms with E-state index in [1.165, 1.54) is 27.8 Å². The molecule has 0 fully saturated rings. The summed E-state index contributed by atoms with van der Waals surface area (Å²) in [6.45, 7) is 10.6. The van der Waals surface area contributed by atoms with Crippen LogP contribution in [0.25, 0.3) is 6.08 Å². The van der Waals surface area contributed by atoms with Crippen LogP contribution in [-0.2, 0) is 0 Å². The fraction of sp³-hybridized carbons (Fsp3) is 0.192. The second-order valence-corrected chi connectivity index (χ2v) is 7.31. The van der Waals surface area contributed by atoms with E-state index in [1.807, 2.05) is 18.5 Å². The molecule has 0 aliphatic carbocycles. The zero-order valence-corrected chi connectivity index (χ0v) is 16.9. The van der Waals surface area contributed by atoms with Crippen LogP contribution in [0.1, 0.15) is 53.6 Å². The molecule has 0 saturated carbocycles. The van der Waals surface area contributed by atoms with Crippen molar-refractivity contribution >= 4 is 6.08 Å². The summed E-state index contributed by atoms with van der Waals surface area (Å²) in [7, 11) is 0. The standard InChI is InChI=1S/C26H28N2/c1-19-8-11-23(12-9-19)13-10-20(2)28-22(4)26-7-5-6-25(18-26)21(3)24-14-16-27-17-15-24/h5-18,21-22,28H,2H2,1,3-4H3/b13-10+. The van der Waals surface area contributed by atoms with Crippen LogP contribution < -0.4 is 5.32 Å². The zero-order chi connectivity index (χ0) is 19.9. The van der Waals surface area contributed by atoms with Crippen LogP contribution in [0, 0.1) is 6.92 Å². The predicted octanol–water partition coefficient (Wildman–Crippen LogP) is 6.42. The molecule has 0 saturated heterocycles. The summed E-state index contributed by atoms with van der Waals surface area (Å²) < 4.78 is 0. The molecule has 2 atom stereocenters. The lowest BCUT2D eigenvalue weighted by Gasteiger charge is -2.19. The third kappa shape index (κ3) is 5.20. The second kappa shape index (κ2) is 9.18. The Kier molecular flexibility index (Phi) is 6.44. The number of aryl methyl sites for hydroxylation is 1. The summed E-state index contributed by atoms with van der Waals surface area (Å²) in [5.41, 5.74) is 7.18. The van der Waals surface area contributed by atoms with Crippen molar-refractivity contribution in [1.29, 1.82) is 0 Å². The van der Waals surface area contributed by atoms with Crippen molar-refractivity contribution in [2.24, 2.45) is 0 Å². The smallest absolute Gasteiger partial charge is 0.0485 e. The molecule has 2 aromatic carbocycles. The van der Waals surface area contributed by atoms with Gasteiger partial charge in [-0.15, -0.1) is 0 Å². The van der Waals surface area contributed by atoms with E-state index in [0.29, 0.717) is 5.92 Å². The lowest BCUT2D eigenvalue weighted by atomic mass is 9.91. The van der Waals surface area contributed by atoms with Crippen LogP contribution in [-0.4, -0.2) is 4.98 Å². The van der Waals surface area contributed by atoms with E-state index >= 15 is 0 Å². The highest BCUT2D eigenvalue weighted by atomic mass is 14.9. The number of rotatable bonds is 7. The highest BCUT2D eigenvalue weighted by Gasteiger charge is 2.11. The van der Waals surface area contributed by atoms with E-state index in [9.17, 15) is 0 Å². The van der Waals surface area contributed by atoms with E-state index in [4.69, 9.17) is 0 Å². The van der Waals surface area contributed by atoms with E-state index < -0.39 is 0 Å². The molecule has 1 heterocycles. The first-order valence-electron chi connectivity index (χ1n) is 9.73. The molecule has 2 nitrogen and oxygen atoms in total. The minimum absolute atomic E-state index is 0.180. The summed E-state index contributed by atoms with van der Waals surface area (Å²) in [6, 6.07) is 21.6. The van der Waals surface area contributed by atoms with E-state index in [1.54, 1.807) is 0 Å². The van der Waals surface area contributed by atoms with Gasteiger partial charge >= 0.3 is 0 Å². The summed E-state index contributed by atoms with van der Waals surface area (Å²) in [4.78, 5) is 4.12. The van der Waals surface area contributed by atoms with Gasteiger partial charge in [-0.05, 0) is 54.3 Å². The van der Waals surface area contributed by atoms with Gasteiger partial charge in [0.25, 0.3) is 0 Å². The molecule has 1 aromatic heterocycles. The maximum Gasteiger partial charge on any atom is 0.0485 e. The molecule has 3 rings (SSSR count). The predicted molar refractivity (Wildman–Crippen MR) is 119 cm³/mol. The summed E-state index contributed by atoms with van der Waals surface area (Å²) >= 11 is 0. The summed E-state index contributed by atoms with van der Waals surface area (Å²) in [6.07, 6.45) is 7.82. The van der Waals surface area contributed by atoms with E-state index in [-0.39, 0.29) is 6.04 Å². The Morgan fingerprint density at radius 1 is 0.929 bits per heavy atom. The second-order valence-electron chi connectivity index (χ2n) is 7.31. The summed E-state index contributed by atoms with van der Waals surface area (Å²) in [5.74, 6) is 0.333. The Labute approximate surface area is 168 Å². The molecular formula is C26H28N2. The van der Waals surface area contributed by atoms with Crippen molar-refractivity contribution < 1.29 is 0 Å². The van der Waals surface area contributed by atoms with Crippen molar-refractivity contribution in [3.8, 4) is 0 Å². The Hall–Kier alpha value is -3.13. The molecule has 1 N–H and O–H groups in total. The third-order valence-corrected chi connectivity index (χ3v) is 5.07. The Bertz CT molecular complexity index is 940. The summed E-state index contributed by atoms with van der Waals surface area (Å²) in [5, 5.41) is 3.49. The third-order valence-electron chi connectivity index (χ3n) is 5.07. The van der Waals surface area contributed by atoms with Gasteiger partial charge in [0, 0.05) is 30.1 Å². The Morgan fingerprint density at radius 3 is 2.32 bits per heavy atom. The number of allylic oxidation sites excluding steroid dienone is 1. The number of pyridine rings is 1. The van der Waals surface area contributed by atoms with E-state index in [2.05, 4.69) is 104 Å². The van der Waals surface area contributed by atoms with Crippen LogP contribution in [0.5, 0.6) is 0 Å². The number of aromatic nitrogens is 1. The molecule has 0 amide bonds. The average Bonchev–Trinajstić information content (AvgIpc) is 2.73. The number of nitrogens with one attached hydrogen (secondary N) is 1. The topological polar surface area (TPSA) is 24.9 Å². The molecule has 3 aromatic rings. The number of nitrogens with zero attached hydrogens (tertiary/aromatic N) is 1. The number of benzene rings is 2. The molecular weight excluding hydrogens is 340 g/mol. The monoisotopic (exact) mass is 368 g/mol. The van der Waals surface area contributed by atoms with Crippen LogP contribution in [0.15, 0.2) is 91.4 Å². The average molecular weight is 369 g/mol. The van der Waals surface area contributed by atoms with Gasteiger partial charge in [0.15, 0.2) is 0 Å². The van der Waals surface area contributed by atoms with Gasteiger partial charge < -0.3 is 5.32 Å². The lowest BCUT2D eigenvalue weighted by Crippen LogP contribution is -2.16. The quantitative estimate of drug-likeness (QED) is 0.487. The lowest BCUT2D eigenvalue weighted by molar-refractivity contribution is 0.665. The first-order valence-corrected chi connectivity index (χ1v) is 9.73. The molecule has 28 heavy (non-hydrogen) atoms. The molecule has 2 heteroatoms. The minimum Gasteiger partial charge on any atom is -0.379 e. The first kappa shape index (κ1) is 19.6. The first-order chi connectivity index (χ1) is 13.5. The van der Waals surface area contributed by atoms with Crippen molar-refractivity contribution in [1.82, 2.24) is 10.3 Å². The van der Waals surface area contributed by atoms with Gasteiger partial charge in [-0.3, -0.25) is 4.98 Å². The molecule has 2 unspecified atom stereocenters. The maximum atomic E-state index is 4.15. The van der Waals surface area contributed by atoms with Crippen molar-refractivity contribution in [2.45, 2.75) is 32.7 Å². The van der Waals surface area contributed by atoms with Crippen LogP contribution in [0.2, 0.25) is 0 Å². The number of hydrogen-bond donors (Lipinski definition) is 1. The van der Waals surface area contributed by atoms with Crippen LogP contribution >= 0.6 is 0 Å². The Balaban J connectivity index is 1.66. The normalized spacial score (nSPS) is 13.2. The zero-order valence-electron chi connectivity index (χ0n) is 16.9. The molecule has 0 aliphatic rings. The molecule has 0 spiro atoms. The van der Waals surface area contributed by atoms with E-state index in [0.717, 1.165) is 5.70 Å². The van der Waals surface area contributed by atoms with Crippen molar-refractivity contribution in [2.75, 3.05) is 0 Å². The SMILES string of the molecule is C=C(/C=C/c1ccc(C)cc1)NC(C)c1cccc(C(C)c2ccncc2)c1.